The molecule has 1 aliphatic heterocycles. The van der Waals surface area contributed by atoms with Crippen LogP contribution in [0.1, 0.15) is 6.92 Å². The van der Waals surface area contributed by atoms with E-state index in [9.17, 15) is 0 Å². The second kappa shape index (κ2) is 4.96. The van der Waals surface area contributed by atoms with Crippen molar-refractivity contribution in [3.63, 3.8) is 0 Å². The fraction of sp³-hybridized carbons (Fsp3) is 1.00. The Morgan fingerprint density at radius 2 is 2.17 bits per heavy atom. The summed E-state index contributed by atoms with van der Waals surface area (Å²) in [6.07, 6.45) is -0.0252. The molecule has 1 aliphatic rings. The van der Waals surface area contributed by atoms with E-state index in [-0.39, 0.29) is 16.0 Å². The number of nitrogens with zero attached hydrogens (tertiary/aromatic N) is 1. The van der Waals surface area contributed by atoms with Crippen molar-refractivity contribution >= 4 is 9.68 Å². The average Bonchev–Trinajstić information content (AvgIpc) is 2.47. The molecule has 12 heavy (non-hydrogen) atoms. The van der Waals surface area contributed by atoms with Gasteiger partial charge in [-0.15, -0.1) is 0 Å². The van der Waals surface area contributed by atoms with Crippen LogP contribution in [-0.4, -0.2) is 47.8 Å². The lowest BCUT2D eigenvalue weighted by atomic mass is 10.2. The van der Waals surface area contributed by atoms with Crippen molar-refractivity contribution < 1.29 is 9.47 Å². The molecule has 1 atom stereocenters. The van der Waals surface area contributed by atoms with E-state index >= 15 is 0 Å². The predicted molar refractivity (Wildman–Crippen MR) is 51.9 cm³/mol. The third kappa shape index (κ3) is 2.86. The average molecular weight is 189 g/mol. The predicted octanol–water partition coefficient (Wildman–Crippen LogP) is 0.0591. The minimum absolute atomic E-state index is 0.0216. The quantitative estimate of drug-likeness (QED) is 0.461. The lowest BCUT2D eigenvalue weighted by Crippen LogP contribution is -2.34. The van der Waals surface area contributed by atoms with Crippen LogP contribution >= 0.6 is 0 Å². The molecule has 0 radical (unpaired) electrons. The number of hydrogen-bond acceptors (Lipinski definition) is 3. The summed E-state index contributed by atoms with van der Waals surface area (Å²) in [5, 5.41) is 0. The Hall–Kier alpha value is 0.0969. The Bertz CT molecular complexity index is 130. The van der Waals surface area contributed by atoms with Gasteiger partial charge in [0.05, 0.1) is 9.68 Å². The summed E-state index contributed by atoms with van der Waals surface area (Å²) in [7, 11) is 3.43. The first-order valence-electron chi connectivity index (χ1n) is 4.54. The molecule has 0 aliphatic carbocycles. The van der Waals surface area contributed by atoms with E-state index < -0.39 is 0 Å². The molecule has 0 N–H and O–H groups in total. The number of hydrogen-bond donors (Lipinski definition) is 0. The summed E-state index contributed by atoms with van der Waals surface area (Å²) in [6.45, 7) is 4.53. The molecule has 4 heteroatoms. The number of methoxy groups -OCH3 is 2. The summed E-state index contributed by atoms with van der Waals surface area (Å²) in [5.74, 6) is 0.894. The molecule has 0 bridgehead atoms. The van der Waals surface area contributed by atoms with Gasteiger partial charge in [0.25, 0.3) is 0 Å². The van der Waals surface area contributed by atoms with E-state index in [2.05, 4.69) is 11.5 Å². The highest BCUT2D eigenvalue weighted by Gasteiger charge is 2.21. The second-order valence-electron chi connectivity index (χ2n) is 3.55. The molecule has 0 saturated carbocycles. The van der Waals surface area contributed by atoms with Gasteiger partial charge in [-0.25, -0.2) is 0 Å². The zero-order valence-electron chi connectivity index (χ0n) is 8.25. The van der Waals surface area contributed by atoms with E-state index in [1.54, 1.807) is 14.2 Å². The van der Waals surface area contributed by atoms with Crippen molar-refractivity contribution in [3.05, 3.63) is 0 Å². The highest BCUT2D eigenvalue weighted by Crippen LogP contribution is 2.14. The Kier molecular flexibility index (Phi) is 4.21. The van der Waals surface area contributed by atoms with Gasteiger partial charge in [-0.05, 0) is 18.5 Å². The third-order valence-corrected chi connectivity index (χ3v) is 4.83. The third-order valence-electron chi connectivity index (χ3n) is 2.44. The smallest absolute Gasteiger partial charge is 0.168 e. The van der Waals surface area contributed by atoms with Crippen LogP contribution < -0.4 is 0 Å². The number of ether oxygens (including phenoxy) is 2. The Balaban J connectivity index is 2.21. The van der Waals surface area contributed by atoms with E-state index in [0.717, 1.165) is 12.5 Å². The maximum absolute atomic E-state index is 5.15. The van der Waals surface area contributed by atoms with Crippen molar-refractivity contribution in [2.45, 2.75) is 19.3 Å². The van der Waals surface area contributed by atoms with Crippen LogP contribution in [0.3, 0.4) is 0 Å². The van der Waals surface area contributed by atoms with Crippen LogP contribution in [-0.2, 0) is 9.47 Å². The largest absolute Gasteiger partial charge is 0.355 e. The maximum atomic E-state index is 5.15. The number of rotatable bonds is 4. The van der Waals surface area contributed by atoms with Crippen LogP contribution in [0, 0.1) is 5.92 Å². The molecule has 0 aromatic rings. The molecular formula is C8H19NO2Si. The summed E-state index contributed by atoms with van der Waals surface area (Å²) in [4.78, 5) is 0. The van der Waals surface area contributed by atoms with Gasteiger partial charge in [0.1, 0.15) is 0 Å². The molecule has 1 unspecified atom stereocenters. The van der Waals surface area contributed by atoms with Gasteiger partial charge in [0.15, 0.2) is 6.29 Å². The monoisotopic (exact) mass is 189 g/mol. The van der Waals surface area contributed by atoms with Crippen LogP contribution in [0.5, 0.6) is 0 Å². The van der Waals surface area contributed by atoms with Gasteiger partial charge in [0.2, 0.25) is 0 Å². The molecule has 1 fully saturated rings. The molecule has 0 spiro atoms. The molecule has 1 heterocycles. The van der Waals surface area contributed by atoms with Gasteiger partial charge in [-0.2, -0.15) is 0 Å². The molecule has 72 valence electrons. The molecule has 1 saturated heterocycles. The standard InChI is InChI=1S/C8H19NO2Si/c1-7-4-9(12-6-7)5-8(10-2)11-3/h7-8H,4-6,12H2,1-3H3. The van der Waals surface area contributed by atoms with Gasteiger partial charge >= 0.3 is 0 Å². The fourth-order valence-corrected chi connectivity index (χ4v) is 3.65. The summed E-state index contributed by atoms with van der Waals surface area (Å²) in [6, 6.07) is 1.44. The fourth-order valence-electron chi connectivity index (χ4n) is 1.65. The van der Waals surface area contributed by atoms with Crippen molar-refractivity contribution in [1.82, 2.24) is 4.57 Å². The first-order chi connectivity index (χ1) is 5.76. The summed E-state index contributed by atoms with van der Waals surface area (Å²) >= 11 is 0. The van der Waals surface area contributed by atoms with Crippen molar-refractivity contribution in [1.29, 1.82) is 0 Å². The zero-order valence-corrected chi connectivity index (χ0v) is 9.66. The van der Waals surface area contributed by atoms with Gasteiger partial charge in [-0.1, -0.05) is 6.92 Å². The second-order valence-corrected chi connectivity index (χ2v) is 5.47. The lowest BCUT2D eigenvalue weighted by Gasteiger charge is -2.21. The first-order valence-corrected chi connectivity index (χ1v) is 6.17. The van der Waals surface area contributed by atoms with Gasteiger partial charge in [-0.3, -0.25) is 0 Å². The van der Waals surface area contributed by atoms with E-state index in [1.807, 2.05) is 0 Å². The summed E-state index contributed by atoms with van der Waals surface area (Å²) in [5.41, 5.74) is 0. The topological polar surface area (TPSA) is 21.7 Å². The zero-order chi connectivity index (χ0) is 8.97. The normalized spacial score (nSPS) is 27.5. The first kappa shape index (κ1) is 10.2. The minimum Gasteiger partial charge on any atom is -0.355 e. The Morgan fingerprint density at radius 1 is 1.50 bits per heavy atom. The molecular weight excluding hydrogens is 170 g/mol. The Morgan fingerprint density at radius 3 is 2.58 bits per heavy atom. The maximum Gasteiger partial charge on any atom is 0.168 e. The SMILES string of the molecule is COC(CN1CC(C)C[SiH2]1)OC. The molecule has 1 rings (SSSR count). The molecule has 0 aromatic heterocycles. The minimum atomic E-state index is -0.0252. The van der Waals surface area contributed by atoms with Gasteiger partial charge in [0, 0.05) is 20.8 Å². The van der Waals surface area contributed by atoms with Crippen molar-refractivity contribution in [3.8, 4) is 0 Å². The van der Waals surface area contributed by atoms with E-state index in [0.29, 0.717) is 0 Å². The van der Waals surface area contributed by atoms with E-state index in [1.165, 1.54) is 12.6 Å². The van der Waals surface area contributed by atoms with Gasteiger partial charge < -0.3 is 14.0 Å². The van der Waals surface area contributed by atoms with Crippen LogP contribution in [0.4, 0.5) is 0 Å². The van der Waals surface area contributed by atoms with Crippen molar-refractivity contribution in [2.24, 2.45) is 5.92 Å². The molecule has 0 amide bonds. The van der Waals surface area contributed by atoms with Crippen molar-refractivity contribution in [2.75, 3.05) is 27.3 Å². The highest BCUT2D eigenvalue weighted by molar-refractivity contribution is 6.33. The summed E-state index contributed by atoms with van der Waals surface area (Å²) < 4.78 is 12.8. The van der Waals surface area contributed by atoms with Crippen LogP contribution in [0.15, 0.2) is 0 Å². The molecule has 0 aromatic carbocycles. The van der Waals surface area contributed by atoms with Crippen LogP contribution in [0.25, 0.3) is 0 Å². The lowest BCUT2D eigenvalue weighted by molar-refractivity contribution is -0.108. The van der Waals surface area contributed by atoms with E-state index in [4.69, 9.17) is 9.47 Å². The highest BCUT2D eigenvalue weighted by atomic mass is 28.2. The Labute approximate surface area is 76.9 Å². The van der Waals surface area contributed by atoms with Crippen LogP contribution in [0.2, 0.25) is 6.04 Å². The molecule has 3 nitrogen and oxygen atoms in total.